The lowest BCUT2D eigenvalue weighted by molar-refractivity contribution is -0.138. The highest BCUT2D eigenvalue weighted by atomic mass is 32.2. The molecule has 1 N–H and O–H groups in total. The molecular formula is C10H13NO2S2. The van der Waals surface area contributed by atoms with Gasteiger partial charge >= 0.3 is 5.97 Å². The Morgan fingerprint density at radius 3 is 3.00 bits per heavy atom. The summed E-state index contributed by atoms with van der Waals surface area (Å²) in [6.07, 6.45) is 4.29. The Balaban J connectivity index is 1.72. The van der Waals surface area contributed by atoms with Gasteiger partial charge in [-0.3, -0.25) is 4.79 Å². The Morgan fingerprint density at radius 1 is 1.67 bits per heavy atom. The number of nitrogens with zero attached hydrogens (tertiary/aromatic N) is 1. The summed E-state index contributed by atoms with van der Waals surface area (Å²) in [4.78, 5) is 14.8. The molecule has 0 atom stereocenters. The lowest BCUT2D eigenvalue weighted by atomic mass is 10.1. The predicted octanol–water partition coefficient (Wildman–Crippen LogP) is 2.63. The van der Waals surface area contributed by atoms with Crippen molar-refractivity contribution in [3.05, 3.63) is 16.6 Å². The molecular weight excluding hydrogens is 230 g/mol. The number of thiazole rings is 1. The van der Waals surface area contributed by atoms with Crippen LogP contribution >= 0.6 is 23.1 Å². The molecule has 15 heavy (non-hydrogen) atoms. The van der Waals surface area contributed by atoms with E-state index in [1.165, 1.54) is 0 Å². The van der Waals surface area contributed by atoms with Gasteiger partial charge in [0, 0.05) is 17.3 Å². The zero-order chi connectivity index (χ0) is 10.7. The summed E-state index contributed by atoms with van der Waals surface area (Å²) in [5.74, 6) is 1.21. The van der Waals surface area contributed by atoms with Crippen molar-refractivity contribution in [3.8, 4) is 0 Å². The van der Waals surface area contributed by atoms with E-state index in [1.54, 1.807) is 23.1 Å². The minimum absolute atomic E-state index is 0.105. The highest BCUT2D eigenvalue weighted by Crippen LogP contribution is 2.51. The molecule has 0 amide bonds. The molecule has 1 saturated carbocycles. The lowest BCUT2D eigenvalue weighted by Crippen LogP contribution is -2.11. The SMILES string of the molecule is O=C(O)CC1(CSCc2nccs2)CC1. The number of carbonyl (C=O) groups is 1. The number of aromatic nitrogens is 1. The van der Waals surface area contributed by atoms with E-state index in [2.05, 4.69) is 4.98 Å². The average Bonchev–Trinajstić information content (AvgIpc) is 2.74. The van der Waals surface area contributed by atoms with Crippen molar-refractivity contribution < 1.29 is 9.90 Å². The highest BCUT2D eigenvalue weighted by molar-refractivity contribution is 7.98. The van der Waals surface area contributed by atoms with Crippen LogP contribution in [0.2, 0.25) is 0 Å². The number of rotatable bonds is 6. The third-order valence-corrected chi connectivity index (χ3v) is 4.86. The fourth-order valence-electron chi connectivity index (χ4n) is 1.55. The zero-order valence-electron chi connectivity index (χ0n) is 8.31. The van der Waals surface area contributed by atoms with Crippen LogP contribution < -0.4 is 0 Å². The molecule has 0 unspecified atom stereocenters. The first-order chi connectivity index (χ1) is 7.20. The summed E-state index contributed by atoms with van der Waals surface area (Å²) in [6.45, 7) is 0. The molecule has 1 aliphatic rings. The van der Waals surface area contributed by atoms with Gasteiger partial charge in [-0.05, 0) is 24.0 Å². The van der Waals surface area contributed by atoms with Crippen LogP contribution in [0.1, 0.15) is 24.3 Å². The van der Waals surface area contributed by atoms with E-state index >= 15 is 0 Å². The number of thioether (sulfide) groups is 1. The second kappa shape index (κ2) is 4.53. The van der Waals surface area contributed by atoms with Gasteiger partial charge in [-0.2, -0.15) is 11.8 Å². The van der Waals surface area contributed by atoms with Crippen LogP contribution in [0, 0.1) is 5.41 Å². The number of carboxylic acid groups (broad SMARTS) is 1. The summed E-state index contributed by atoms with van der Waals surface area (Å²) in [5, 5.41) is 11.9. The average molecular weight is 243 g/mol. The number of aliphatic carboxylic acids is 1. The molecule has 1 heterocycles. The van der Waals surface area contributed by atoms with E-state index in [0.29, 0.717) is 6.42 Å². The first-order valence-electron chi connectivity index (χ1n) is 4.88. The van der Waals surface area contributed by atoms with Crippen molar-refractivity contribution in [1.82, 2.24) is 4.98 Å². The van der Waals surface area contributed by atoms with Gasteiger partial charge < -0.3 is 5.11 Å². The first-order valence-corrected chi connectivity index (χ1v) is 6.92. The van der Waals surface area contributed by atoms with Crippen LogP contribution in [-0.2, 0) is 10.5 Å². The van der Waals surface area contributed by atoms with Crippen molar-refractivity contribution in [2.45, 2.75) is 25.0 Å². The van der Waals surface area contributed by atoms with E-state index in [9.17, 15) is 4.79 Å². The van der Waals surface area contributed by atoms with Crippen LogP contribution in [0.5, 0.6) is 0 Å². The predicted molar refractivity (Wildman–Crippen MR) is 62.2 cm³/mol. The largest absolute Gasteiger partial charge is 0.481 e. The van der Waals surface area contributed by atoms with Crippen molar-refractivity contribution in [1.29, 1.82) is 0 Å². The molecule has 1 fully saturated rings. The molecule has 5 heteroatoms. The molecule has 0 bridgehead atoms. The van der Waals surface area contributed by atoms with Gasteiger partial charge in [-0.25, -0.2) is 4.98 Å². The summed E-state index contributed by atoms with van der Waals surface area (Å²) in [6, 6.07) is 0. The van der Waals surface area contributed by atoms with Crippen LogP contribution in [0.25, 0.3) is 0 Å². The number of hydrogen-bond acceptors (Lipinski definition) is 4. The minimum atomic E-state index is -0.664. The van der Waals surface area contributed by atoms with Crippen LogP contribution in [0.4, 0.5) is 0 Å². The van der Waals surface area contributed by atoms with Crippen LogP contribution in [0.15, 0.2) is 11.6 Å². The maximum Gasteiger partial charge on any atom is 0.303 e. The van der Waals surface area contributed by atoms with Gasteiger partial charge in [0.25, 0.3) is 0 Å². The van der Waals surface area contributed by atoms with Gasteiger partial charge in [0.05, 0.1) is 6.42 Å². The molecule has 3 nitrogen and oxygen atoms in total. The molecule has 82 valence electrons. The summed E-state index contributed by atoms with van der Waals surface area (Å²) in [5.41, 5.74) is 0.105. The van der Waals surface area contributed by atoms with Crippen LogP contribution in [-0.4, -0.2) is 21.8 Å². The Bertz CT molecular complexity index is 333. The second-order valence-corrected chi connectivity index (χ2v) is 5.95. The fourth-order valence-corrected chi connectivity index (χ4v) is 3.65. The van der Waals surface area contributed by atoms with E-state index in [4.69, 9.17) is 5.11 Å². The molecule has 2 rings (SSSR count). The monoisotopic (exact) mass is 243 g/mol. The molecule has 0 aliphatic heterocycles. The van der Waals surface area contributed by atoms with Crippen LogP contribution in [0.3, 0.4) is 0 Å². The normalized spacial score (nSPS) is 17.6. The Labute approximate surface area is 96.9 Å². The minimum Gasteiger partial charge on any atom is -0.481 e. The van der Waals surface area contributed by atoms with Crippen molar-refractivity contribution in [2.24, 2.45) is 5.41 Å². The molecule has 1 aromatic rings. The van der Waals surface area contributed by atoms with E-state index < -0.39 is 5.97 Å². The maximum atomic E-state index is 10.6. The fraction of sp³-hybridized carbons (Fsp3) is 0.600. The molecule has 0 aromatic carbocycles. The lowest BCUT2D eigenvalue weighted by Gasteiger charge is -2.10. The van der Waals surface area contributed by atoms with E-state index in [1.807, 2.05) is 11.6 Å². The van der Waals surface area contributed by atoms with Gasteiger partial charge in [0.2, 0.25) is 0 Å². The topological polar surface area (TPSA) is 50.2 Å². The molecule has 1 aliphatic carbocycles. The first kappa shape index (κ1) is 11.0. The molecule has 0 spiro atoms. The maximum absolute atomic E-state index is 10.6. The summed E-state index contributed by atoms with van der Waals surface area (Å²) in [7, 11) is 0. The smallest absolute Gasteiger partial charge is 0.303 e. The number of hydrogen-bond donors (Lipinski definition) is 1. The molecule has 0 saturated heterocycles. The van der Waals surface area contributed by atoms with Gasteiger partial charge in [-0.1, -0.05) is 0 Å². The Morgan fingerprint density at radius 2 is 2.47 bits per heavy atom. The van der Waals surface area contributed by atoms with Gasteiger partial charge in [0.15, 0.2) is 0 Å². The second-order valence-electron chi connectivity index (χ2n) is 3.99. The zero-order valence-corrected chi connectivity index (χ0v) is 9.94. The standard InChI is InChI=1S/C10H13NO2S2/c12-9(13)5-10(1-2-10)7-14-6-8-11-3-4-15-8/h3-4H,1-2,5-7H2,(H,12,13). The Hall–Kier alpha value is -0.550. The number of carboxylic acids is 1. The highest BCUT2D eigenvalue weighted by Gasteiger charge is 2.44. The molecule has 0 radical (unpaired) electrons. The van der Waals surface area contributed by atoms with Gasteiger partial charge in [0.1, 0.15) is 5.01 Å². The van der Waals surface area contributed by atoms with E-state index in [-0.39, 0.29) is 5.41 Å². The van der Waals surface area contributed by atoms with Crippen molar-refractivity contribution >= 4 is 29.1 Å². The summed E-state index contributed by atoms with van der Waals surface area (Å²) < 4.78 is 0. The summed E-state index contributed by atoms with van der Waals surface area (Å²) >= 11 is 3.47. The van der Waals surface area contributed by atoms with Gasteiger partial charge in [-0.15, -0.1) is 11.3 Å². The Kier molecular flexibility index (Phi) is 3.31. The van der Waals surface area contributed by atoms with E-state index in [0.717, 1.165) is 29.4 Å². The third kappa shape index (κ3) is 3.21. The third-order valence-electron chi connectivity index (χ3n) is 2.60. The molecule has 1 aromatic heterocycles. The quantitative estimate of drug-likeness (QED) is 0.834. The van der Waals surface area contributed by atoms with Crippen molar-refractivity contribution in [3.63, 3.8) is 0 Å². The van der Waals surface area contributed by atoms with Crippen molar-refractivity contribution in [2.75, 3.05) is 5.75 Å².